The Labute approximate surface area is 130 Å². The third-order valence-corrected chi connectivity index (χ3v) is 4.35. The molecule has 1 aromatic carbocycles. The molecule has 1 aromatic heterocycles. The quantitative estimate of drug-likeness (QED) is 0.930. The van der Waals surface area contributed by atoms with Gasteiger partial charge in [0.1, 0.15) is 0 Å². The van der Waals surface area contributed by atoms with Gasteiger partial charge in [0.05, 0.1) is 20.4 Å². The van der Waals surface area contributed by atoms with Crippen molar-refractivity contribution < 1.29 is 9.47 Å². The fraction of sp³-hybridized carbons (Fsp3) is 0.500. The average Bonchev–Trinajstić information content (AvgIpc) is 2.60. The summed E-state index contributed by atoms with van der Waals surface area (Å²) in [6.45, 7) is 1.96. The second-order valence-corrected chi connectivity index (χ2v) is 5.51. The van der Waals surface area contributed by atoms with Crippen LogP contribution in [0.3, 0.4) is 0 Å². The lowest BCUT2D eigenvalue weighted by molar-refractivity contribution is 0.356. The van der Waals surface area contributed by atoms with Gasteiger partial charge in [0.25, 0.3) is 0 Å². The summed E-state index contributed by atoms with van der Waals surface area (Å²) in [5.74, 6) is 2.35. The van der Waals surface area contributed by atoms with Crippen LogP contribution in [-0.2, 0) is 0 Å². The first kappa shape index (κ1) is 14.8. The van der Waals surface area contributed by atoms with E-state index in [0.717, 1.165) is 48.3 Å². The van der Waals surface area contributed by atoms with Crippen LogP contribution in [0.25, 0.3) is 10.8 Å². The molecule has 1 aliphatic rings. The molecule has 1 N–H and O–H groups in total. The van der Waals surface area contributed by atoms with Crippen molar-refractivity contribution >= 4 is 16.6 Å². The van der Waals surface area contributed by atoms with Crippen LogP contribution >= 0.6 is 0 Å². The van der Waals surface area contributed by atoms with Gasteiger partial charge in [-0.25, -0.2) is 0 Å². The Bertz CT molecular complexity index is 654. The van der Waals surface area contributed by atoms with E-state index in [9.17, 15) is 0 Å². The minimum atomic E-state index is 0.591. The third kappa shape index (κ3) is 2.66. The number of ether oxygens (including phenoxy) is 2. The Kier molecular flexibility index (Phi) is 4.29. The number of benzene rings is 1. The van der Waals surface area contributed by atoms with Gasteiger partial charge in [-0.1, -0.05) is 0 Å². The molecule has 1 saturated heterocycles. The molecular formula is C16H22N4O2. The third-order valence-electron chi connectivity index (χ3n) is 4.35. The van der Waals surface area contributed by atoms with Crippen molar-refractivity contribution in [3.05, 3.63) is 18.3 Å². The Morgan fingerprint density at radius 1 is 1.14 bits per heavy atom. The van der Waals surface area contributed by atoms with Crippen molar-refractivity contribution in [3.8, 4) is 11.5 Å². The predicted octanol–water partition coefficient (Wildman–Crippen LogP) is 1.84. The Balaban J connectivity index is 1.99. The minimum absolute atomic E-state index is 0.591. The van der Waals surface area contributed by atoms with E-state index >= 15 is 0 Å². The van der Waals surface area contributed by atoms with Gasteiger partial charge in [-0.15, -0.1) is 5.10 Å². The van der Waals surface area contributed by atoms with Crippen LogP contribution in [0.15, 0.2) is 18.3 Å². The number of nitrogens with one attached hydrogen (secondary N) is 1. The number of hydrogen-bond donors (Lipinski definition) is 1. The molecule has 0 amide bonds. The van der Waals surface area contributed by atoms with Crippen LogP contribution in [0.4, 0.5) is 5.82 Å². The van der Waals surface area contributed by atoms with E-state index in [-0.39, 0.29) is 0 Å². The molecule has 2 heterocycles. The number of anilines is 1. The van der Waals surface area contributed by atoms with Crippen molar-refractivity contribution in [2.45, 2.75) is 18.9 Å². The fourth-order valence-corrected chi connectivity index (χ4v) is 3.01. The zero-order chi connectivity index (χ0) is 15.5. The molecule has 6 heteroatoms. The fourth-order valence-electron chi connectivity index (χ4n) is 3.01. The van der Waals surface area contributed by atoms with Crippen molar-refractivity contribution in [1.82, 2.24) is 15.5 Å². The largest absolute Gasteiger partial charge is 0.493 e. The van der Waals surface area contributed by atoms with Gasteiger partial charge in [-0.05, 0) is 32.0 Å². The van der Waals surface area contributed by atoms with Gasteiger partial charge in [0.2, 0.25) is 0 Å². The van der Waals surface area contributed by atoms with Crippen LogP contribution in [0.1, 0.15) is 12.8 Å². The highest BCUT2D eigenvalue weighted by atomic mass is 16.5. The van der Waals surface area contributed by atoms with Gasteiger partial charge in [-0.2, -0.15) is 5.10 Å². The van der Waals surface area contributed by atoms with Crippen molar-refractivity contribution in [1.29, 1.82) is 0 Å². The Morgan fingerprint density at radius 3 is 2.45 bits per heavy atom. The molecule has 0 atom stereocenters. The van der Waals surface area contributed by atoms with Gasteiger partial charge in [0.15, 0.2) is 17.3 Å². The average molecular weight is 302 g/mol. The van der Waals surface area contributed by atoms with Crippen molar-refractivity contribution in [3.63, 3.8) is 0 Å². The number of nitrogens with zero attached hydrogens (tertiary/aromatic N) is 3. The van der Waals surface area contributed by atoms with Crippen LogP contribution in [0.5, 0.6) is 11.5 Å². The molecule has 22 heavy (non-hydrogen) atoms. The molecule has 1 fully saturated rings. The Morgan fingerprint density at radius 2 is 1.82 bits per heavy atom. The van der Waals surface area contributed by atoms with E-state index in [1.54, 1.807) is 20.4 Å². The summed E-state index contributed by atoms with van der Waals surface area (Å²) in [5, 5.41) is 13.9. The molecule has 0 bridgehead atoms. The van der Waals surface area contributed by atoms with E-state index in [2.05, 4.69) is 20.4 Å². The van der Waals surface area contributed by atoms with E-state index < -0.39 is 0 Å². The highest BCUT2D eigenvalue weighted by Gasteiger charge is 2.21. The van der Waals surface area contributed by atoms with Gasteiger partial charge in [-0.3, -0.25) is 0 Å². The highest BCUT2D eigenvalue weighted by Crippen LogP contribution is 2.35. The van der Waals surface area contributed by atoms with Crippen molar-refractivity contribution in [2.24, 2.45) is 0 Å². The van der Waals surface area contributed by atoms with E-state index in [1.165, 1.54) is 0 Å². The van der Waals surface area contributed by atoms with E-state index in [1.807, 2.05) is 19.2 Å². The molecule has 2 aromatic rings. The zero-order valence-electron chi connectivity index (χ0n) is 13.3. The first-order chi connectivity index (χ1) is 10.8. The molecule has 0 aliphatic carbocycles. The molecule has 0 spiro atoms. The number of hydrogen-bond acceptors (Lipinski definition) is 6. The molecule has 3 rings (SSSR count). The molecule has 1 aliphatic heterocycles. The summed E-state index contributed by atoms with van der Waals surface area (Å²) in [5.41, 5.74) is 0. The SMILES string of the molecule is CNC1CCN(c2nncc3cc(OC)c(OC)cc23)CC1. The maximum absolute atomic E-state index is 5.42. The highest BCUT2D eigenvalue weighted by molar-refractivity contribution is 5.94. The molecule has 118 valence electrons. The zero-order valence-corrected chi connectivity index (χ0v) is 13.3. The lowest BCUT2D eigenvalue weighted by atomic mass is 10.0. The second-order valence-electron chi connectivity index (χ2n) is 5.51. The number of fused-ring (bicyclic) bond motifs is 1. The molecule has 6 nitrogen and oxygen atoms in total. The molecular weight excluding hydrogens is 280 g/mol. The number of aromatic nitrogens is 2. The smallest absolute Gasteiger partial charge is 0.161 e. The number of rotatable bonds is 4. The first-order valence-electron chi connectivity index (χ1n) is 7.56. The summed E-state index contributed by atoms with van der Waals surface area (Å²) < 4.78 is 10.8. The minimum Gasteiger partial charge on any atom is -0.493 e. The standard InChI is InChI=1S/C16H22N4O2/c1-17-12-4-6-20(7-5-12)16-13-9-15(22-3)14(21-2)8-11(13)10-18-19-16/h8-10,12,17H,4-7H2,1-3H3. The van der Waals surface area contributed by atoms with Crippen LogP contribution in [0, 0.1) is 0 Å². The second kappa shape index (κ2) is 6.36. The maximum Gasteiger partial charge on any atom is 0.161 e. The number of piperidine rings is 1. The molecule has 0 radical (unpaired) electrons. The van der Waals surface area contributed by atoms with Crippen LogP contribution in [0.2, 0.25) is 0 Å². The summed E-state index contributed by atoms with van der Waals surface area (Å²) in [7, 11) is 5.31. The summed E-state index contributed by atoms with van der Waals surface area (Å²) in [6, 6.07) is 4.53. The topological polar surface area (TPSA) is 59.5 Å². The van der Waals surface area contributed by atoms with Gasteiger partial charge < -0.3 is 19.7 Å². The van der Waals surface area contributed by atoms with Gasteiger partial charge in [0, 0.05) is 29.9 Å². The monoisotopic (exact) mass is 302 g/mol. The maximum atomic E-state index is 5.42. The lowest BCUT2D eigenvalue weighted by Gasteiger charge is -2.32. The summed E-state index contributed by atoms with van der Waals surface area (Å²) in [4.78, 5) is 2.30. The first-order valence-corrected chi connectivity index (χ1v) is 7.56. The predicted molar refractivity (Wildman–Crippen MR) is 86.9 cm³/mol. The number of methoxy groups -OCH3 is 2. The lowest BCUT2D eigenvalue weighted by Crippen LogP contribution is -2.41. The van der Waals surface area contributed by atoms with Crippen molar-refractivity contribution in [2.75, 3.05) is 39.3 Å². The van der Waals surface area contributed by atoms with Crippen LogP contribution < -0.4 is 19.7 Å². The molecule has 0 unspecified atom stereocenters. The summed E-state index contributed by atoms with van der Waals surface area (Å²) >= 11 is 0. The van der Waals surface area contributed by atoms with Crippen LogP contribution in [-0.4, -0.2) is 50.6 Å². The summed E-state index contributed by atoms with van der Waals surface area (Å²) in [6.07, 6.45) is 3.99. The van der Waals surface area contributed by atoms with E-state index in [0.29, 0.717) is 11.8 Å². The van der Waals surface area contributed by atoms with Gasteiger partial charge >= 0.3 is 0 Å². The van der Waals surface area contributed by atoms with E-state index in [4.69, 9.17) is 9.47 Å². The molecule has 0 saturated carbocycles. The normalized spacial score (nSPS) is 16.0. The Hall–Kier alpha value is -2.08.